The summed E-state index contributed by atoms with van der Waals surface area (Å²) in [6.07, 6.45) is 1.93. The van der Waals surface area contributed by atoms with Crippen molar-refractivity contribution in [1.29, 1.82) is 0 Å². The van der Waals surface area contributed by atoms with E-state index in [1.54, 1.807) is 36.0 Å². The van der Waals surface area contributed by atoms with Crippen LogP contribution in [0.25, 0.3) is 0 Å². The zero-order chi connectivity index (χ0) is 21.8. The average Bonchev–Trinajstić information content (AvgIpc) is 2.67. The number of nitrogens with zero attached hydrogens (tertiary/aromatic N) is 1. The molecule has 158 valence electrons. The number of amides is 1. The molecule has 0 aliphatic heterocycles. The molecule has 0 fully saturated rings. The van der Waals surface area contributed by atoms with E-state index in [4.69, 9.17) is 0 Å². The van der Waals surface area contributed by atoms with E-state index in [1.807, 2.05) is 25.3 Å². The Labute approximate surface area is 178 Å². The number of hydrogen-bond donors (Lipinski definition) is 1. The van der Waals surface area contributed by atoms with Crippen LogP contribution in [0.5, 0.6) is 0 Å². The quantitative estimate of drug-likeness (QED) is 0.663. The number of carbonyl (C=O) groups excluding carboxylic acids is 1. The first-order chi connectivity index (χ1) is 13.4. The minimum absolute atomic E-state index is 0.0656. The van der Waals surface area contributed by atoms with E-state index in [0.29, 0.717) is 0 Å². The minimum Gasteiger partial charge on any atom is -0.348 e. The molecule has 2 rings (SSSR count). The van der Waals surface area contributed by atoms with Crippen LogP contribution < -0.4 is 5.32 Å². The van der Waals surface area contributed by atoms with Gasteiger partial charge in [0.2, 0.25) is 15.9 Å². The molecule has 2 aromatic rings. The van der Waals surface area contributed by atoms with Crippen LogP contribution in [-0.2, 0) is 20.2 Å². The molecule has 0 saturated carbocycles. The second kappa shape index (κ2) is 9.32. The largest absolute Gasteiger partial charge is 0.348 e. The van der Waals surface area contributed by atoms with Crippen molar-refractivity contribution < 1.29 is 13.2 Å². The van der Waals surface area contributed by atoms with Crippen LogP contribution in [0.1, 0.15) is 44.9 Å². The van der Waals surface area contributed by atoms with Gasteiger partial charge in [-0.1, -0.05) is 45.0 Å². The van der Waals surface area contributed by atoms with Gasteiger partial charge in [-0.2, -0.15) is 4.31 Å². The Morgan fingerprint density at radius 1 is 1.07 bits per heavy atom. The Kier molecular flexibility index (Phi) is 7.54. The van der Waals surface area contributed by atoms with Crippen molar-refractivity contribution in [2.45, 2.75) is 48.9 Å². The lowest BCUT2D eigenvalue weighted by Gasteiger charge is -2.22. The molecule has 7 heteroatoms. The van der Waals surface area contributed by atoms with Crippen molar-refractivity contribution in [2.75, 3.05) is 19.8 Å². The summed E-state index contributed by atoms with van der Waals surface area (Å²) in [4.78, 5) is 13.6. The summed E-state index contributed by atoms with van der Waals surface area (Å²) in [5.74, 6) is -0.343. The molecule has 2 aromatic carbocycles. The van der Waals surface area contributed by atoms with Crippen molar-refractivity contribution in [3.8, 4) is 0 Å². The highest BCUT2D eigenvalue weighted by molar-refractivity contribution is 7.98. The van der Waals surface area contributed by atoms with Gasteiger partial charge in [0.05, 0.1) is 17.5 Å². The standard InChI is InChI=1S/C22H30N2O3S2/c1-16(17-7-9-18(10-8-17)22(2,3)4)23-21(25)15-24(5)29(26,27)20-13-11-19(28-6)12-14-20/h7-14,16H,15H2,1-6H3,(H,23,25)/t16-/m0/s1. The fraction of sp³-hybridized carbons (Fsp3) is 0.409. The highest BCUT2D eigenvalue weighted by Crippen LogP contribution is 2.24. The Balaban J connectivity index is 2.01. The smallest absolute Gasteiger partial charge is 0.243 e. The number of likely N-dealkylation sites (N-methyl/N-ethyl adjacent to an activating group) is 1. The minimum atomic E-state index is -3.72. The molecule has 0 saturated heterocycles. The van der Waals surface area contributed by atoms with Gasteiger partial charge in [0.15, 0.2) is 0 Å². The Morgan fingerprint density at radius 2 is 1.62 bits per heavy atom. The maximum absolute atomic E-state index is 12.7. The number of thioether (sulfide) groups is 1. The number of nitrogens with one attached hydrogen (secondary N) is 1. The van der Waals surface area contributed by atoms with Crippen molar-refractivity contribution in [3.05, 3.63) is 59.7 Å². The van der Waals surface area contributed by atoms with Gasteiger partial charge < -0.3 is 5.32 Å². The molecule has 0 spiro atoms. The van der Waals surface area contributed by atoms with E-state index < -0.39 is 10.0 Å². The SMILES string of the molecule is CSc1ccc(S(=O)(=O)N(C)CC(=O)N[C@@H](C)c2ccc(C(C)(C)C)cc2)cc1. The van der Waals surface area contributed by atoms with Crippen LogP contribution >= 0.6 is 11.8 Å². The highest BCUT2D eigenvalue weighted by Gasteiger charge is 2.23. The maximum Gasteiger partial charge on any atom is 0.243 e. The van der Waals surface area contributed by atoms with E-state index in [-0.39, 0.29) is 28.8 Å². The lowest BCUT2D eigenvalue weighted by Crippen LogP contribution is -2.39. The molecular weight excluding hydrogens is 404 g/mol. The molecule has 0 radical (unpaired) electrons. The summed E-state index contributed by atoms with van der Waals surface area (Å²) in [6.45, 7) is 8.10. The third-order valence-electron chi connectivity index (χ3n) is 4.79. The van der Waals surface area contributed by atoms with E-state index in [9.17, 15) is 13.2 Å². The summed E-state index contributed by atoms with van der Waals surface area (Å²) < 4.78 is 26.5. The average molecular weight is 435 g/mol. The predicted molar refractivity (Wildman–Crippen MR) is 120 cm³/mol. The van der Waals surface area contributed by atoms with E-state index in [1.165, 1.54) is 12.6 Å². The van der Waals surface area contributed by atoms with E-state index in [2.05, 4.69) is 38.2 Å². The molecule has 0 aliphatic carbocycles. The second-order valence-corrected chi connectivity index (χ2v) is 11.0. The van der Waals surface area contributed by atoms with E-state index in [0.717, 1.165) is 14.8 Å². The molecule has 0 aromatic heterocycles. The van der Waals surface area contributed by atoms with Gasteiger partial charge in [-0.25, -0.2) is 8.42 Å². The topological polar surface area (TPSA) is 66.5 Å². The monoisotopic (exact) mass is 434 g/mol. The fourth-order valence-corrected chi connectivity index (χ4v) is 4.39. The van der Waals surface area contributed by atoms with Crippen molar-refractivity contribution in [1.82, 2.24) is 9.62 Å². The molecule has 0 aliphatic rings. The van der Waals surface area contributed by atoms with E-state index >= 15 is 0 Å². The van der Waals surface area contributed by atoms with Gasteiger partial charge in [-0.3, -0.25) is 4.79 Å². The lowest BCUT2D eigenvalue weighted by molar-refractivity contribution is -0.121. The first kappa shape index (κ1) is 23.4. The molecule has 0 bridgehead atoms. The first-order valence-electron chi connectivity index (χ1n) is 9.45. The zero-order valence-electron chi connectivity index (χ0n) is 17.9. The van der Waals surface area contributed by atoms with Gasteiger partial charge in [0.1, 0.15) is 0 Å². The molecule has 0 heterocycles. The predicted octanol–water partition coefficient (Wildman–Crippen LogP) is 4.20. The summed E-state index contributed by atoms with van der Waals surface area (Å²) in [5.41, 5.74) is 2.26. The van der Waals surface area contributed by atoms with Crippen LogP contribution in [0.15, 0.2) is 58.3 Å². The van der Waals surface area contributed by atoms with Crippen molar-refractivity contribution >= 4 is 27.7 Å². The molecular formula is C22H30N2O3S2. The number of hydrogen-bond acceptors (Lipinski definition) is 4. The number of sulfonamides is 1. The molecule has 0 unspecified atom stereocenters. The Hall–Kier alpha value is -1.83. The first-order valence-corrected chi connectivity index (χ1v) is 12.1. The normalized spacial score (nSPS) is 13.3. The zero-order valence-corrected chi connectivity index (χ0v) is 19.5. The molecule has 1 N–H and O–H groups in total. The fourth-order valence-electron chi connectivity index (χ4n) is 2.86. The van der Waals surface area contributed by atoms with Crippen LogP contribution in [0.4, 0.5) is 0 Å². The highest BCUT2D eigenvalue weighted by atomic mass is 32.2. The van der Waals surface area contributed by atoms with Crippen molar-refractivity contribution in [3.63, 3.8) is 0 Å². The van der Waals surface area contributed by atoms with Crippen LogP contribution in [-0.4, -0.2) is 38.5 Å². The van der Waals surface area contributed by atoms with Crippen LogP contribution in [0.3, 0.4) is 0 Å². The Morgan fingerprint density at radius 3 is 2.10 bits per heavy atom. The third kappa shape index (κ3) is 6.07. The Bertz CT molecular complexity index is 932. The van der Waals surface area contributed by atoms with Gasteiger partial charge >= 0.3 is 0 Å². The van der Waals surface area contributed by atoms with Gasteiger partial charge in [-0.15, -0.1) is 11.8 Å². The third-order valence-corrected chi connectivity index (χ3v) is 7.35. The van der Waals surface area contributed by atoms with Crippen molar-refractivity contribution in [2.24, 2.45) is 0 Å². The maximum atomic E-state index is 12.7. The lowest BCUT2D eigenvalue weighted by atomic mass is 9.86. The number of benzene rings is 2. The molecule has 29 heavy (non-hydrogen) atoms. The van der Waals surface area contributed by atoms with Crippen LogP contribution in [0.2, 0.25) is 0 Å². The molecule has 1 amide bonds. The number of rotatable bonds is 7. The van der Waals surface area contributed by atoms with Gasteiger partial charge in [0, 0.05) is 11.9 Å². The number of carbonyl (C=O) groups is 1. The summed E-state index contributed by atoms with van der Waals surface area (Å²) >= 11 is 1.54. The van der Waals surface area contributed by atoms with Crippen LogP contribution in [0, 0.1) is 0 Å². The second-order valence-electron chi connectivity index (χ2n) is 8.10. The molecule has 1 atom stereocenters. The summed E-state index contributed by atoms with van der Waals surface area (Å²) in [7, 11) is -2.30. The summed E-state index contributed by atoms with van der Waals surface area (Å²) in [6, 6.07) is 14.6. The van der Waals surface area contributed by atoms with Gasteiger partial charge in [-0.05, 0) is 54.0 Å². The van der Waals surface area contributed by atoms with Gasteiger partial charge in [0.25, 0.3) is 0 Å². The summed E-state index contributed by atoms with van der Waals surface area (Å²) in [5, 5.41) is 2.88. The molecule has 5 nitrogen and oxygen atoms in total.